The van der Waals surface area contributed by atoms with Crippen molar-refractivity contribution in [3.8, 4) is 5.75 Å². The molecule has 18 heavy (non-hydrogen) atoms. The molecule has 0 aromatic heterocycles. The first-order valence-electron chi connectivity index (χ1n) is 6.11. The third-order valence-corrected chi connectivity index (χ3v) is 3.56. The van der Waals surface area contributed by atoms with E-state index in [0.717, 1.165) is 40.6 Å². The summed E-state index contributed by atoms with van der Waals surface area (Å²) >= 11 is 7.10. The number of halogens is 2. The summed E-state index contributed by atoms with van der Waals surface area (Å²) in [6.45, 7) is 8.40. The molecule has 0 atom stereocenters. The molecular weight excluding hydrogens is 358 g/mol. The van der Waals surface area contributed by atoms with Gasteiger partial charge in [-0.25, -0.2) is 0 Å². The third-order valence-electron chi connectivity index (χ3n) is 2.38. The second-order valence-corrected chi connectivity index (χ2v) is 5.70. The van der Waals surface area contributed by atoms with Crippen molar-refractivity contribution in [2.75, 3.05) is 13.2 Å². The standard InChI is InChI=1S/C14H19Br2NO/c1-3-5-7-18-14-12(15)8-11(9-13(14)16)10-17-6-4-2/h3,8-9,17H,1,4-7,10H2,2H3. The van der Waals surface area contributed by atoms with Crippen LogP contribution in [0.1, 0.15) is 25.3 Å². The van der Waals surface area contributed by atoms with Crippen LogP contribution in [0.4, 0.5) is 0 Å². The normalized spacial score (nSPS) is 10.4. The van der Waals surface area contributed by atoms with E-state index in [1.165, 1.54) is 5.56 Å². The number of benzene rings is 1. The van der Waals surface area contributed by atoms with E-state index in [9.17, 15) is 0 Å². The molecule has 0 aliphatic carbocycles. The molecule has 0 saturated carbocycles. The van der Waals surface area contributed by atoms with Crippen molar-refractivity contribution in [3.05, 3.63) is 39.3 Å². The molecule has 0 fully saturated rings. The van der Waals surface area contributed by atoms with Gasteiger partial charge in [0.1, 0.15) is 5.75 Å². The minimum atomic E-state index is 0.647. The molecule has 0 unspecified atom stereocenters. The van der Waals surface area contributed by atoms with Gasteiger partial charge in [0.2, 0.25) is 0 Å². The van der Waals surface area contributed by atoms with E-state index in [-0.39, 0.29) is 0 Å². The minimum Gasteiger partial charge on any atom is -0.491 e. The number of nitrogens with one attached hydrogen (secondary N) is 1. The van der Waals surface area contributed by atoms with E-state index < -0.39 is 0 Å². The van der Waals surface area contributed by atoms with Gasteiger partial charge in [0.25, 0.3) is 0 Å². The first-order valence-corrected chi connectivity index (χ1v) is 7.70. The lowest BCUT2D eigenvalue weighted by atomic mass is 10.2. The van der Waals surface area contributed by atoms with Gasteiger partial charge in [-0.15, -0.1) is 6.58 Å². The Balaban J connectivity index is 2.67. The van der Waals surface area contributed by atoms with Crippen LogP contribution in [0.3, 0.4) is 0 Å². The van der Waals surface area contributed by atoms with Crippen molar-refractivity contribution in [3.63, 3.8) is 0 Å². The molecule has 1 N–H and O–H groups in total. The van der Waals surface area contributed by atoms with Crippen LogP contribution < -0.4 is 10.1 Å². The Kier molecular flexibility index (Phi) is 7.63. The molecule has 0 spiro atoms. The Hall–Kier alpha value is -0.320. The summed E-state index contributed by atoms with van der Waals surface area (Å²) in [6.07, 6.45) is 3.84. The van der Waals surface area contributed by atoms with E-state index in [2.05, 4.69) is 62.8 Å². The molecule has 0 saturated heterocycles. The Morgan fingerprint density at radius 1 is 1.33 bits per heavy atom. The lowest BCUT2D eigenvalue weighted by molar-refractivity contribution is 0.321. The van der Waals surface area contributed by atoms with Gasteiger partial charge in [-0.3, -0.25) is 0 Å². The Morgan fingerprint density at radius 3 is 2.56 bits per heavy atom. The highest BCUT2D eigenvalue weighted by Gasteiger charge is 2.08. The van der Waals surface area contributed by atoms with Gasteiger partial charge in [0, 0.05) is 6.54 Å². The molecule has 0 radical (unpaired) electrons. The predicted molar refractivity (Wildman–Crippen MR) is 84.1 cm³/mol. The van der Waals surface area contributed by atoms with Gasteiger partial charge < -0.3 is 10.1 Å². The molecule has 0 bridgehead atoms. The van der Waals surface area contributed by atoms with Gasteiger partial charge in [-0.2, -0.15) is 0 Å². The topological polar surface area (TPSA) is 21.3 Å². The zero-order valence-corrected chi connectivity index (χ0v) is 13.8. The van der Waals surface area contributed by atoms with Crippen LogP contribution in [0, 0.1) is 0 Å². The van der Waals surface area contributed by atoms with E-state index >= 15 is 0 Å². The fourth-order valence-electron chi connectivity index (χ4n) is 1.51. The molecule has 0 aliphatic heterocycles. The molecule has 4 heteroatoms. The average Bonchev–Trinajstić information content (AvgIpc) is 2.33. The fourth-order valence-corrected chi connectivity index (χ4v) is 3.02. The van der Waals surface area contributed by atoms with Crippen molar-refractivity contribution in [1.29, 1.82) is 0 Å². The summed E-state index contributed by atoms with van der Waals surface area (Å²) in [5, 5.41) is 3.38. The number of ether oxygens (including phenoxy) is 1. The molecule has 1 aromatic rings. The summed E-state index contributed by atoms with van der Waals surface area (Å²) in [6, 6.07) is 4.19. The lowest BCUT2D eigenvalue weighted by Crippen LogP contribution is -2.13. The molecule has 1 aromatic carbocycles. The molecule has 0 heterocycles. The van der Waals surface area contributed by atoms with Crippen molar-refractivity contribution in [2.45, 2.75) is 26.3 Å². The molecule has 1 rings (SSSR count). The first-order chi connectivity index (χ1) is 8.69. The number of hydrogen-bond donors (Lipinski definition) is 1. The van der Waals surface area contributed by atoms with Gasteiger partial charge >= 0.3 is 0 Å². The smallest absolute Gasteiger partial charge is 0.147 e. The monoisotopic (exact) mass is 375 g/mol. The fraction of sp³-hybridized carbons (Fsp3) is 0.429. The first kappa shape index (κ1) is 15.7. The van der Waals surface area contributed by atoms with Crippen LogP contribution in [0.25, 0.3) is 0 Å². The molecule has 100 valence electrons. The van der Waals surface area contributed by atoms with Gasteiger partial charge in [-0.05, 0) is 68.9 Å². The van der Waals surface area contributed by atoms with Crippen LogP contribution in [-0.4, -0.2) is 13.2 Å². The maximum atomic E-state index is 5.70. The average molecular weight is 377 g/mol. The second-order valence-electron chi connectivity index (χ2n) is 3.99. The van der Waals surface area contributed by atoms with Crippen LogP contribution in [0.2, 0.25) is 0 Å². The predicted octanol–water partition coefficient (Wildman–Crippen LogP) is 4.67. The lowest BCUT2D eigenvalue weighted by Gasteiger charge is -2.12. The summed E-state index contributed by atoms with van der Waals surface area (Å²) in [4.78, 5) is 0. The molecular formula is C14H19Br2NO. The van der Waals surface area contributed by atoms with Crippen LogP contribution in [0.5, 0.6) is 5.75 Å². The summed E-state index contributed by atoms with van der Waals surface area (Å²) in [5.74, 6) is 0.857. The zero-order chi connectivity index (χ0) is 13.4. The molecule has 2 nitrogen and oxygen atoms in total. The Labute approximate surface area is 126 Å². The zero-order valence-electron chi connectivity index (χ0n) is 10.6. The van der Waals surface area contributed by atoms with Gasteiger partial charge in [0.15, 0.2) is 0 Å². The quantitative estimate of drug-likeness (QED) is 0.526. The van der Waals surface area contributed by atoms with Crippen molar-refractivity contribution < 1.29 is 4.74 Å². The van der Waals surface area contributed by atoms with Crippen LogP contribution in [0.15, 0.2) is 33.7 Å². The minimum absolute atomic E-state index is 0.647. The van der Waals surface area contributed by atoms with Gasteiger partial charge in [0.05, 0.1) is 15.6 Å². The number of rotatable bonds is 8. The largest absolute Gasteiger partial charge is 0.491 e. The Morgan fingerprint density at radius 2 is 2.00 bits per heavy atom. The Bertz CT molecular complexity index is 370. The molecule has 0 aliphatic rings. The summed E-state index contributed by atoms with van der Waals surface area (Å²) < 4.78 is 7.66. The highest BCUT2D eigenvalue weighted by molar-refractivity contribution is 9.11. The highest BCUT2D eigenvalue weighted by Crippen LogP contribution is 2.34. The maximum Gasteiger partial charge on any atom is 0.147 e. The van der Waals surface area contributed by atoms with Crippen molar-refractivity contribution in [1.82, 2.24) is 5.32 Å². The van der Waals surface area contributed by atoms with Crippen molar-refractivity contribution in [2.24, 2.45) is 0 Å². The van der Waals surface area contributed by atoms with Crippen LogP contribution in [-0.2, 0) is 6.54 Å². The SMILES string of the molecule is C=CCCOc1c(Br)cc(CNCCC)cc1Br. The van der Waals surface area contributed by atoms with E-state index in [4.69, 9.17) is 4.74 Å². The molecule has 0 amide bonds. The second kappa shape index (κ2) is 8.73. The maximum absolute atomic E-state index is 5.70. The van der Waals surface area contributed by atoms with E-state index in [0.29, 0.717) is 6.61 Å². The van der Waals surface area contributed by atoms with Gasteiger partial charge in [-0.1, -0.05) is 13.0 Å². The van der Waals surface area contributed by atoms with Crippen LogP contribution >= 0.6 is 31.9 Å². The highest BCUT2D eigenvalue weighted by atomic mass is 79.9. The third kappa shape index (κ3) is 5.12. The van der Waals surface area contributed by atoms with Crippen molar-refractivity contribution >= 4 is 31.9 Å². The van der Waals surface area contributed by atoms with E-state index in [1.54, 1.807) is 0 Å². The summed E-state index contributed by atoms with van der Waals surface area (Å²) in [5.41, 5.74) is 1.23. The van der Waals surface area contributed by atoms with E-state index in [1.807, 2.05) is 6.08 Å². The number of hydrogen-bond acceptors (Lipinski definition) is 2. The summed E-state index contributed by atoms with van der Waals surface area (Å²) in [7, 11) is 0.